The Balaban J connectivity index is 2.39. The topological polar surface area (TPSA) is 30.2 Å². The van der Waals surface area contributed by atoms with Crippen LogP contribution in [0.3, 0.4) is 0 Å². The van der Waals surface area contributed by atoms with Crippen LogP contribution in [-0.2, 0) is 10.8 Å². The first-order valence-corrected chi connectivity index (χ1v) is 7.44. The SMILES string of the molecule is C[S@@](=O)c1c(-c2ccccc2F)oc2ccc(F)cc12. The molecule has 1 aromatic heterocycles. The van der Waals surface area contributed by atoms with Gasteiger partial charge in [0.25, 0.3) is 0 Å². The van der Waals surface area contributed by atoms with Crippen molar-refractivity contribution >= 4 is 21.8 Å². The number of hydrogen-bond acceptors (Lipinski definition) is 2. The lowest BCUT2D eigenvalue weighted by atomic mass is 10.1. The maximum Gasteiger partial charge on any atom is 0.154 e. The molecular weight excluding hydrogens is 282 g/mol. The lowest BCUT2D eigenvalue weighted by Gasteiger charge is -2.01. The molecule has 0 amide bonds. The van der Waals surface area contributed by atoms with Crippen LogP contribution < -0.4 is 0 Å². The Morgan fingerprint density at radius 1 is 1.10 bits per heavy atom. The van der Waals surface area contributed by atoms with E-state index in [0.717, 1.165) is 0 Å². The fourth-order valence-corrected chi connectivity index (χ4v) is 3.04. The molecule has 2 nitrogen and oxygen atoms in total. The third kappa shape index (κ3) is 2.04. The van der Waals surface area contributed by atoms with Crippen molar-refractivity contribution in [1.29, 1.82) is 0 Å². The lowest BCUT2D eigenvalue weighted by Crippen LogP contribution is -1.91. The van der Waals surface area contributed by atoms with Gasteiger partial charge in [-0.05, 0) is 30.3 Å². The number of rotatable bonds is 2. The zero-order valence-electron chi connectivity index (χ0n) is 10.5. The third-order valence-corrected chi connectivity index (χ3v) is 3.99. The minimum Gasteiger partial charge on any atom is -0.455 e. The van der Waals surface area contributed by atoms with Crippen molar-refractivity contribution in [3.63, 3.8) is 0 Å². The van der Waals surface area contributed by atoms with Gasteiger partial charge in [-0.15, -0.1) is 0 Å². The Labute approximate surface area is 116 Å². The van der Waals surface area contributed by atoms with Gasteiger partial charge < -0.3 is 4.42 Å². The first-order chi connectivity index (χ1) is 9.58. The Hall–Kier alpha value is -2.01. The monoisotopic (exact) mass is 292 g/mol. The van der Waals surface area contributed by atoms with Crippen LogP contribution in [0, 0.1) is 11.6 Å². The summed E-state index contributed by atoms with van der Waals surface area (Å²) >= 11 is 0. The predicted octanol–water partition coefficient (Wildman–Crippen LogP) is 4.12. The van der Waals surface area contributed by atoms with E-state index in [9.17, 15) is 13.0 Å². The second-order valence-corrected chi connectivity index (χ2v) is 5.65. The summed E-state index contributed by atoms with van der Waals surface area (Å²) in [5.41, 5.74) is 0.601. The smallest absolute Gasteiger partial charge is 0.154 e. The normalized spacial score (nSPS) is 12.8. The van der Waals surface area contributed by atoms with Gasteiger partial charge in [0.05, 0.1) is 21.3 Å². The fraction of sp³-hybridized carbons (Fsp3) is 0.0667. The first-order valence-electron chi connectivity index (χ1n) is 5.88. The predicted molar refractivity (Wildman–Crippen MR) is 73.9 cm³/mol. The fourth-order valence-electron chi connectivity index (χ4n) is 2.16. The quantitative estimate of drug-likeness (QED) is 0.711. The van der Waals surface area contributed by atoms with E-state index < -0.39 is 22.4 Å². The summed E-state index contributed by atoms with van der Waals surface area (Å²) in [6, 6.07) is 10.0. The standard InChI is InChI=1S/C15H10F2O2S/c1-20(18)15-11-8-9(16)6-7-13(11)19-14(15)10-4-2-3-5-12(10)17/h2-8H,1H3/t20-/m1/s1. The van der Waals surface area contributed by atoms with Gasteiger partial charge in [0.1, 0.15) is 17.2 Å². The van der Waals surface area contributed by atoms with E-state index in [0.29, 0.717) is 15.9 Å². The van der Waals surface area contributed by atoms with Crippen molar-refractivity contribution in [2.24, 2.45) is 0 Å². The maximum atomic E-state index is 13.9. The van der Waals surface area contributed by atoms with E-state index in [1.807, 2.05) is 0 Å². The minimum absolute atomic E-state index is 0.185. The van der Waals surface area contributed by atoms with Gasteiger partial charge in [0, 0.05) is 11.6 Å². The highest BCUT2D eigenvalue weighted by atomic mass is 32.2. The van der Waals surface area contributed by atoms with E-state index in [4.69, 9.17) is 4.42 Å². The van der Waals surface area contributed by atoms with Crippen molar-refractivity contribution in [3.05, 3.63) is 54.1 Å². The van der Waals surface area contributed by atoms with E-state index in [-0.39, 0.29) is 11.3 Å². The third-order valence-electron chi connectivity index (χ3n) is 3.01. The summed E-state index contributed by atoms with van der Waals surface area (Å²) in [7, 11) is -1.43. The zero-order valence-corrected chi connectivity index (χ0v) is 11.3. The van der Waals surface area contributed by atoms with E-state index in [2.05, 4.69) is 0 Å². The average molecular weight is 292 g/mol. The highest BCUT2D eigenvalue weighted by Crippen LogP contribution is 2.37. The molecule has 0 saturated carbocycles. The van der Waals surface area contributed by atoms with Gasteiger partial charge >= 0.3 is 0 Å². The van der Waals surface area contributed by atoms with Crippen LogP contribution in [0.2, 0.25) is 0 Å². The van der Waals surface area contributed by atoms with Crippen LogP contribution in [0.5, 0.6) is 0 Å². The van der Waals surface area contributed by atoms with Gasteiger partial charge in [0.2, 0.25) is 0 Å². The molecule has 0 radical (unpaired) electrons. The summed E-state index contributed by atoms with van der Waals surface area (Å²) in [5, 5.41) is 0.407. The van der Waals surface area contributed by atoms with Crippen LogP contribution in [-0.4, -0.2) is 10.5 Å². The summed E-state index contributed by atoms with van der Waals surface area (Å²) in [4.78, 5) is 0.310. The molecule has 1 atom stereocenters. The molecule has 0 aliphatic carbocycles. The molecule has 3 rings (SSSR count). The molecule has 20 heavy (non-hydrogen) atoms. The Kier molecular flexibility index (Phi) is 3.14. The largest absolute Gasteiger partial charge is 0.455 e. The van der Waals surface area contributed by atoms with Crippen molar-refractivity contribution < 1.29 is 17.4 Å². The summed E-state index contributed by atoms with van der Waals surface area (Å²) in [6.07, 6.45) is 1.46. The highest BCUT2D eigenvalue weighted by Gasteiger charge is 2.21. The summed E-state index contributed by atoms with van der Waals surface area (Å²) in [6.45, 7) is 0. The van der Waals surface area contributed by atoms with Crippen LogP contribution in [0.1, 0.15) is 0 Å². The number of halogens is 2. The molecule has 0 aliphatic heterocycles. The molecule has 0 bridgehead atoms. The summed E-state index contributed by atoms with van der Waals surface area (Å²) in [5.74, 6) is -0.742. The van der Waals surface area contributed by atoms with Crippen molar-refractivity contribution in [2.45, 2.75) is 4.90 Å². The van der Waals surface area contributed by atoms with Gasteiger partial charge in [0.15, 0.2) is 5.76 Å². The lowest BCUT2D eigenvalue weighted by molar-refractivity contribution is 0.594. The van der Waals surface area contributed by atoms with Crippen molar-refractivity contribution in [2.75, 3.05) is 6.26 Å². The highest BCUT2D eigenvalue weighted by molar-refractivity contribution is 7.84. The molecule has 0 N–H and O–H groups in total. The number of hydrogen-bond donors (Lipinski definition) is 0. The van der Waals surface area contributed by atoms with Gasteiger partial charge in [-0.25, -0.2) is 8.78 Å². The molecule has 1 heterocycles. The second-order valence-electron chi connectivity index (χ2n) is 4.33. The molecule has 0 aliphatic rings. The van der Waals surface area contributed by atoms with E-state index >= 15 is 0 Å². The second kappa shape index (κ2) is 4.83. The molecule has 0 unspecified atom stereocenters. The Morgan fingerprint density at radius 3 is 2.55 bits per heavy atom. The zero-order chi connectivity index (χ0) is 14.3. The molecule has 102 valence electrons. The van der Waals surface area contributed by atoms with Gasteiger partial charge in [-0.2, -0.15) is 0 Å². The number of fused-ring (bicyclic) bond motifs is 1. The van der Waals surface area contributed by atoms with Crippen molar-refractivity contribution in [3.8, 4) is 11.3 Å². The minimum atomic E-state index is -1.43. The first kappa shape index (κ1) is 13.0. The van der Waals surface area contributed by atoms with Gasteiger partial charge in [-0.1, -0.05) is 12.1 Å². The Morgan fingerprint density at radius 2 is 1.85 bits per heavy atom. The Bertz CT molecular complexity index is 824. The van der Waals surface area contributed by atoms with Crippen LogP contribution in [0.4, 0.5) is 8.78 Å². The van der Waals surface area contributed by atoms with E-state index in [1.165, 1.54) is 30.5 Å². The summed E-state index contributed by atoms with van der Waals surface area (Å²) < 4.78 is 44.8. The van der Waals surface area contributed by atoms with Crippen molar-refractivity contribution in [1.82, 2.24) is 0 Å². The van der Waals surface area contributed by atoms with Gasteiger partial charge in [-0.3, -0.25) is 4.21 Å². The molecular formula is C15H10F2O2S. The molecule has 2 aromatic carbocycles. The van der Waals surface area contributed by atoms with Crippen LogP contribution >= 0.6 is 0 Å². The molecule has 0 saturated heterocycles. The molecule has 0 spiro atoms. The van der Waals surface area contributed by atoms with E-state index in [1.54, 1.807) is 18.2 Å². The maximum absolute atomic E-state index is 13.9. The average Bonchev–Trinajstić information content (AvgIpc) is 2.77. The molecule has 3 aromatic rings. The number of benzene rings is 2. The molecule has 0 fully saturated rings. The van der Waals surface area contributed by atoms with Crippen LogP contribution in [0.25, 0.3) is 22.3 Å². The molecule has 5 heteroatoms. The van der Waals surface area contributed by atoms with Crippen LogP contribution in [0.15, 0.2) is 51.8 Å². The number of furan rings is 1.